The molecule has 136 valence electrons. The summed E-state index contributed by atoms with van der Waals surface area (Å²) < 4.78 is 0. The van der Waals surface area contributed by atoms with Gasteiger partial charge in [-0.3, -0.25) is 10.1 Å². The fraction of sp³-hybridized carbons (Fsp3) is 0.333. The monoisotopic (exact) mass is 352 g/mol. The third-order valence-electron chi connectivity index (χ3n) is 4.80. The zero-order chi connectivity index (χ0) is 18.2. The molecule has 2 aromatic rings. The number of benzene rings is 2. The van der Waals surface area contributed by atoms with Crippen LogP contribution in [0.15, 0.2) is 60.7 Å². The summed E-state index contributed by atoms with van der Waals surface area (Å²) >= 11 is 0. The molecule has 26 heavy (non-hydrogen) atoms. The summed E-state index contributed by atoms with van der Waals surface area (Å²) in [6.07, 6.45) is 4.28. The zero-order valence-electron chi connectivity index (χ0n) is 14.9. The minimum atomic E-state index is -0.383. The van der Waals surface area contributed by atoms with E-state index in [1.54, 1.807) is 0 Å². The number of rotatable bonds is 6. The molecule has 0 spiro atoms. The van der Waals surface area contributed by atoms with Crippen LogP contribution in [0.1, 0.15) is 42.9 Å². The maximum atomic E-state index is 12.2. The minimum Gasteiger partial charge on any atom is -0.335 e. The van der Waals surface area contributed by atoms with E-state index in [0.29, 0.717) is 0 Å². The van der Waals surface area contributed by atoms with Crippen LogP contribution in [0, 0.1) is 0 Å². The van der Waals surface area contributed by atoms with Crippen molar-refractivity contribution in [1.82, 2.24) is 10.6 Å². The highest BCUT2D eigenvalue weighted by Gasteiger charge is 2.21. The van der Waals surface area contributed by atoms with E-state index in [2.05, 4.69) is 34.9 Å². The van der Waals surface area contributed by atoms with Crippen LogP contribution in [-0.2, 0) is 4.79 Å². The Balaban J connectivity index is 1.57. The number of carbonyl (C=O) groups is 2. The Morgan fingerprint density at radius 1 is 0.923 bits per heavy atom. The van der Waals surface area contributed by atoms with Gasteiger partial charge in [-0.05, 0) is 12.8 Å². The molecule has 1 aliphatic rings. The number of hydrogen-bond acceptors (Lipinski definition) is 2. The van der Waals surface area contributed by atoms with Crippen LogP contribution in [-0.4, -0.2) is 24.5 Å². The Hall–Kier alpha value is -2.66. The Bertz CT molecular complexity index is 673. The molecule has 1 saturated carbocycles. The highest BCUT2D eigenvalue weighted by Crippen LogP contribution is 2.18. The van der Waals surface area contributed by atoms with Crippen molar-refractivity contribution in [2.75, 3.05) is 6.54 Å². The third kappa shape index (κ3) is 5.17. The summed E-state index contributed by atoms with van der Waals surface area (Å²) in [5.74, 6) is -0.280. The number of imide groups is 1. The maximum absolute atomic E-state index is 12.2. The molecular weight excluding hydrogens is 326 g/mol. The van der Waals surface area contributed by atoms with Crippen molar-refractivity contribution in [3.63, 3.8) is 0 Å². The average Bonchev–Trinajstić information content (AvgIpc) is 3.16. The van der Waals surface area contributed by atoms with E-state index in [1.807, 2.05) is 41.7 Å². The molecule has 0 aliphatic heterocycles. The third-order valence-corrected chi connectivity index (χ3v) is 4.80. The van der Waals surface area contributed by atoms with E-state index in [4.69, 9.17) is 0 Å². The van der Waals surface area contributed by atoms with Crippen molar-refractivity contribution in [3.05, 3.63) is 71.8 Å². The van der Waals surface area contributed by atoms with Gasteiger partial charge >= 0.3 is 6.03 Å². The van der Waals surface area contributed by atoms with Crippen LogP contribution in [0.4, 0.5) is 4.79 Å². The first kappa shape index (κ1) is 18.1. The van der Waals surface area contributed by atoms with Gasteiger partial charge in [-0.2, -0.15) is 0 Å². The number of carbonyl (C=O) groups excluding carboxylic acids is 2. The molecule has 0 atom stereocenters. The van der Waals surface area contributed by atoms with Crippen LogP contribution in [0.25, 0.3) is 0 Å². The molecule has 0 bridgehead atoms. The average molecular weight is 352 g/mol. The van der Waals surface area contributed by atoms with E-state index < -0.39 is 0 Å². The first-order valence-corrected chi connectivity index (χ1v) is 9.26. The molecular formula is C21H26N3O2+. The van der Waals surface area contributed by atoms with Crippen molar-refractivity contribution in [1.29, 1.82) is 0 Å². The highest BCUT2D eigenvalue weighted by molar-refractivity contribution is 5.94. The first-order valence-electron chi connectivity index (χ1n) is 9.26. The summed E-state index contributed by atoms with van der Waals surface area (Å²) in [6.45, 7) is 0.187. The number of urea groups is 1. The number of nitrogens with two attached hydrogens (primary N) is 1. The fourth-order valence-corrected chi connectivity index (χ4v) is 3.48. The molecule has 1 fully saturated rings. The van der Waals surface area contributed by atoms with E-state index >= 15 is 0 Å². The molecule has 4 N–H and O–H groups in total. The number of hydrogen-bond donors (Lipinski definition) is 3. The Morgan fingerprint density at radius 2 is 1.46 bits per heavy atom. The molecule has 0 heterocycles. The van der Waals surface area contributed by atoms with Gasteiger partial charge in [0.1, 0.15) is 6.04 Å². The lowest BCUT2D eigenvalue weighted by Crippen LogP contribution is -2.88. The number of amides is 3. The van der Waals surface area contributed by atoms with Gasteiger partial charge in [0.05, 0.1) is 0 Å². The Morgan fingerprint density at radius 3 is 2.00 bits per heavy atom. The van der Waals surface area contributed by atoms with E-state index in [1.165, 1.54) is 0 Å². The van der Waals surface area contributed by atoms with Crippen LogP contribution in [0.2, 0.25) is 0 Å². The van der Waals surface area contributed by atoms with E-state index in [0.717, 1.165) is 36.8 Å². The molecule has 0 radical (unpaired) electrons. The molecule has 0 saturated heterocycles. The second kappa shape index (κ2) is 9.15. The summed E-state index contributed by atoms with van der Waals surface area (Å²) in [4.78, 5) is 24.1. The van der Waals surface area contributed by atoms with Crippen molar-refractivity contribution < 1.29 is 14.9 Å². The number of nitrogens with one attached hydrogen (secondary N) is 2. The molecule has 3 rings (SSSR count). The van der Waals surface area contributed by atoms with Crippen LogP contribution >= 0.6 is 0 Å². The lowest BCUT2D eigenvalue weighted by Gasteiger charge is -2.17. The molecule has 1 aliphatic carbocycles. The quantitative estimate of drug-likeness (QED) is 0.745. The Labute approximate surface area is 154 Å². The van der Waals surface area contributed by atoms with Gasteiger partial charge in [-0.1, -0.05) is 73.5 Å². The van der Waals surface area contributed by atoms with Crippen molar-refractivity contribution in [2.45, 2.75) is 37.8 Å². The van der Waals surface area contributed by atoms with Crippen LogP contribution < -0.4 is 16.0 Å². The topological polar surface area (TPSA) is 74.8 Å². The summed E-state index contributed by atoms with van der Waals surface area (Å²) in [7, 11) is 0. The molecule has 0 unspecified atom stereocenters. The molecule has 0 aromatic heterocycles. The van der Waals surface area contributed by atoms with E-state index in [9.17, 15) is 9.59 Å². The largest absolute Gasteiger partial charge is 0.335 e. The molecule has 5 heteroatoms. The Kier molecular flexibility index (Phi) is 6.39. The standard InChI is InChI=1S/C21H25N3O2/c25-19(24-21(26)23-18-13-7-8-14-18)15-22-20(16-9-3-1-4-10-16)17-11-5-2-6-12-17/h1-6,9-12,18,20,22H,7-8,13-15H2,(H2,23,24,25,26)/p+1. The van der Waals surface area contributed by atoms with Crippen molar-refractivity contribution in [3.8, 4) is 0 Å². The minimum absolute atomic E-state index is 0.0149. The van der Waals surface area contributed by atoms with Gasteiger partial charge in [0.25, 0.3) is 5.91 Å². The normalized spacial score (nSPS) is 14.3. The van der Waals surface area contributed by atoms with Gasteiger partial charge in [0.15, 0.2) is 6.54 Å². The SMILES string of the molecule is O=C(C[NH2+]C(c1ccccc1)c1ccccc1)NC(=O)NC1CCCC1. The molecule has 2 aromatic carbocycles. The lowest BCUT2D eigenvalue weighted by molar-refractivity contribution is -0.676. The smallest absolute Gasteiger partial charge is 0.321 e. The molecule has 5 nitrogen and oxygen atoms in total. The van der Waals surface area contributed by atoms with Gasteiger partial charge in [-0.25, -0.2) is 4.79 Å². The lowest BCUT2D eigenvalue weighted by atomic mass is 9.99. The number of quaternary nitrogens is 1. The van der Waals surface area contributed by atoms with Gasteiger partial charge in [0, 0.05) is 17.2 Å². The van der Waals surface area contributed by atoms with Gasteiger partial charge in [0.2, 0.25) is 0 Å². The summed E-state index contributed by atoms with van der Waals surface area (Å²) in [6, 6.07) is 20.0. The second-order valence-electron chi connectivity index (χ2n) is 6.74. The van der Waals surface area contributed by atoms with Crippen LogP contribution in [0.5, 0.6) is 0 Å². The van der Waals surface area contributed by atoms with Crippen molar-refractivity contribution >= 4 is 11.9 Å². The predicted octanol–water partition coefficient (Wildman–Crippen LogP) is 2.11. The van der Waals surface area contributed by atoms with Crippen molar-refractivity contribution in [2.24, 2.45) is 0 Å². The van der Waals surface area contributed by atoms with Crippen LogP contribution in [0.3, 0.4) is 0 Å². The predicted molar refractivity (Wildman–Crippen MR) is 100 cm³/mol. The van der Waals surface area contributed by atoms with Gasteiger partial charge < -0.3 is 10.6 Å². The van der Waals surface area contributed by atoms with E-state index in [-0.39, 0.29) is 30.6 Å². The summed E-state index contributed by atoms with van der Waals surface area (Å²) in [5.41, 5.74) is 2.25. The first-order chi connectivity index (χ1) is 12.7. The molecule has 3 amide bonds. The maximum Gasteiger partial charge on any atom is 0.321 e. The highest BCUT2D eigenvalue weighted by atomic mass is 16.2. The van der Waals surface area contributed by atoms with Gasteiger partial charge in [-0.15, -0.1) is 0 Å². The zero-order valence-corrected chi connectivity index (χ0v) is 14.9. The second-order valence-corrected chi connectivity index (χ2v) is 6.74. The fourth-order valence-electron chi connectivity index (χ4n) is 3.48. The summed E-state index contributed by atoms with van der Waals surface area (Å²) in [5, 5.41) is 7.28.